The van der Waals surface area contributed by atoms with Crippen LogP contribution >= 0.6 is 23.4 Å². The Morgan fingerprint density at radius 2 is 2.00 bits per heavy atom. The minimum absolute atomic E-state index is 0.146. The van der Waals surface area contributed by atoms with E-state index in [1.54, 1.807) is 28.9 Å². The van der Waals surface area contributed by atoms with Gasteiger partial charge in [-0.05, 0) is 72.7 Å². The van der Waals surface area contributed by atoms with Gasteiger partial charge in [0.15, 0.2) is 0 Å². The zero-order valence-electron chi connectivity index (χ0n) is 14.6. The van der Waals surface area contributed by atoms with Crippen molar-refractivity contribution in [2.45, 2.75) is 31.2 Å². The van der Waals surface area contributed by atoms with Crippen LogP contribution in [0.3, 0.4) is 0 Å². The molecule has 6 nitrogen and oxygen atoms in total. The first-order chi connectivity index (χ1) is 12.4. The van der Waals surface area contributed by atoms with Crippen molar-refractivity contribution >= 4 is 35.0 Å². The zero-order valence-corrected chi connectivity index (χ0v) is 16.2. The van der Waals surface area contributed by atoms with Gasteiger partial charge in [-0.1, -0.05) is 35.5 Å². The van der Waals surface area contributed by atoms with E-state index in [-0.39, 0.29) is 11.2 Å². The maximum Gasteiger partial charge on any atom is 0.237 e. The minimum atomic E-state index is -0.384. The van der Waals surface area contributed by atoms with E-state index in [9.17, 15) is 4.79 Å². The first-order valence-electron chi connectivity index (χ1n) is 8.03. The highest BCUT2D eigenvalue weighted by atomic mass is 35.5. The van der Waals surface area contributed by atoms with Gasteiger partial charge in [0.05, 0.1) is 10.9 Å². The van der Waals surface area contributed by atoms with Gasteiger partial charge >= 0.3 is 0 Å². The molecule has 1 amide bonds. The average molecular weight is 388 g/mol. The maximum atomic E-state index is 12.4. The first-order valence-corrected chi connectivity index (χ1v) is 9.29. The van der Waals surface area contributed by atoms with Crippen molar-refractivity contribution in [1.29, 1.82) is 0 Å². The summed E-state index contributed by atoms with van der Waals surface area (Å²) in [6.07, 6.45) is 0. The Morgan fingerprint density at radius 3 is 2.73 bits per heavy atom. The topological polar surface area (TPSA) is 72.7 Å². The molecule has 0 saturated heterocycles. The number of thioether (sulfide) groups is 1. The largest absolute Gasteiger partial charge is 0.325 e. The summed E-state index contributed by atoms with van der Waals surface area (Å²) in [5.74, 6) is -0.146. The highest BCUT2D eigenvalue weighted by Crippen LogP contribution is 2.25. The summed E-state index contributed by atoms with van der Waals surface area (Å²) in [6, 6.07) is 13.0. The van der Waals surface area contributed by atoms with E-state index >= 15 is 0 Å². The van der Waals surface area contributed by atoms with Crippen LogP contribution in [0.25, 0.3) is 5.69 Å². The van der Waals surface area contributed by atoms with Gasteiger partial charge in [0.25, 0.3) is 0 Å². The number of halogens is 1. The molecule has 8 heteroatoms. The van der Waals surface area contributed by atoms with Crippen LogP contribution in [0.4, 0.5) is 5.69 Å². The number of hydrogen-bond donors (Lipinski definition) is 1. The molecule has 0 radical (unpaired) electrons. The molecule has 26 heavy (non-hydrogen) atoms. The zero-order chi connectivity index (χ0) is 18.7. The number of carbonyl (C=O) groups is 1. The number of rotatable bonds is 5. The average Bonchev–Trinajstić information content (AvgIpc) is 3.05. The number of nitrogens with one attached hydrogen (secondary N) is 1. The summed E-state index contributed by atoms with van der Waals surface area (Å²) in [5.41, 5.74) is 3.87. The number of amides is 1. The van der Waals surface area contributed by atoms with Gasteiger partial charge in [0, 0.05) is 10.7 Å². The lowest BCUT2D eigenvalue weighted by molar-refractivity contribution is -0.115. The van der Waals surface area contributed by atoms with Crippen molar-refractivity contribution < 1.29 is 4.79 Å². The van der Waals surface area contributed by atoms with Crippen LogP contribution in [0.1, 0.15) is 18.1 Å². The molecule has 0 bridgehead atoms. The molecule has 1 heterocycles. The molecule has 3 rings (SSSR count). The smallest absolute Gasteiger partial charge is 0.237 e. The summed E-state index contributed by atoms with van der Waals surface area (Å²) in [5, 5.41) is 15.4. The second-order valence-electron chi connectivity index (χ2n) is 5.90. The molecule has 0 aliphatic heterocycles. The number of nitrogens with zero attached hydrogens (tertiary/aromatic N) is 4. The highest BCUT2D eigenvalue weighted by Gasteiger charge is 2.19. The van der Waals surface area contributed by atoms with Crippen molar-refractivity contribution in [3.63, 3.8) is 0 Å². The summed E-state index contributed by atoms with van der Waals surface area (Å²) in [4.78, 5) is 12.4. The molecule has 0 aliphatic rings. The molecule has 2 aromatic carbocycles. The van der Waals surface area contributed by atoms with Crippen molar-refractivity contribution in [2.75, 3.05) is 5.32 Å². The fourth-order valence-electron chi connectivity index (χ4n) is 2.29. The van der Waals surface area contributed by atoms with Gasteiger partial charge in [-0.25, -0.2) is 0 Å². The molecule has 0 spiro atoms. The normalized spacial score (nSPS) is 12.0. The highest BCUT2D eigenvalue weighted by molar-refractivity contribution is 8.00. The van der Waals surface area contributed by atoms with E-state index in [2.05, 4.69) is 27.8 Å². The summed E-state index contributed by atoms with van der Waals surface area (Å²) in [7, 11) is 0. The third-order valence-corrected chi connectivity index (χ3v) is 5.19. The monoisotopic (exact) mass is 387 g/mol. The number of tetrazole rings is 1. The van der Waals surface area contributed by atoms with E-state index in [0.717, 1.165) is 11.3 Å². The third kappa shape index (κ3) is 4.23. The minimum Gasteiger partial charge on any atom is -0.325 e. The Labute approximate surface area is 160 Å². The van der Waals surface area contributed by atoms with Gasteiger partial charge < -0.3 is 5.32 Å². The predicted octanol–water partition coefficient (Wildman–Crippen LogP) is 4.05. The quantitative estimate of drug-likeness (QED) is 0.668. The first kappa shape index (κ1) is 18.4. The molecule has 1 aromatic heterocycles. The molecule has 134 valence electrons. The molecule has 1 N–H and O–H groups in total. The fraction of sp³-hybridized carbons (Fsp3) is 0.222. The Bertz CT molecular complexity index is 943. The number of benzene rings is 2. The van der Waals surface area contributed by atoms with E-state index in [4.69, 9.17) is 11.6 Å². The van der Waals surface area contributed by atoms with Gasteiger partial charge in [0.1, 0.15) is 0 Å². The molecular weight excluding hydrogens is 370 g/mol. The van der Waals surface area contributed by atoms with E-state index in [1.165, 1.54) is 17.3 Å². The van der Waals surface area contributed by atoms with Gasteiger partial charge in [-0.2, -0.15) is 4.68 Å². The van der Waals surface area contributed by atoms with Crippen LogP contribution in [0.2, 0.25) is 5.02 Å². The lowest BCUT2D eigenvalue weighted by Gasteiger charge is -2.12. The Hall–Kier alpha value is -2.38. The standard InChI is InChI=1S/C18H18ClN5OS/c1-11-7-8-16(9-12(11)2)24-18(21-22-23-24)26-13(3)17(25)20-15-6-4-5-14(19)10-15/h4-10,13H,1-3H3,(H,20,25). The van der Waals surface area contributed by atoms with Crippen molar-refractivity contribution in [1.82, 2.24) is 20.2 Å². The Kier molecular flexibility index (Phi) is 5.58. The van der Waals surface area contributed by atoms with Crippen LogP contribution < -0.4 is 5.32 Å². The Morgan fingerprint density at radius 1 is 1.19 bits per heavy atom. The second-order valence-corrected chi connectivity index (χ2v) is 7.65. The summed E-state index contributed by atoms with van der Waals surface area (Å²) < 4.78 is 1.64. The molecule has 0 fully saturated rings. The number of aryl methyl sites for hydroxylation is 2. The molecule has 1 atom stereocenters. The molecule has 3 aromatic rings. The van der Waals surface area contributed by atoms with Crippen LogP contribution in [-0.4, -0.2) is 31.4 Å². The number of anilines is 1. The fourth-order valence-corrected chi connectivity index (χ4v) is 3.29. The SMILES string of the molecule is Cc1ccc(-n2nnnc2SC(C)C(=O)Nc2cccc(Cl)c2)cc1C. The van der Waals surface area contributed by atoms with Crippen molar-refractivity contribution in [2.24, 2.45) is 0 Å². The van der Waals surface area contributed by atoms with E-state index in [0.29, 0.717) is 15.9 Å². The number of hydrogen-bond acceptors (Lipinski definition) is 5. The van der Waals surface area contributed by atoms with Crippen LogP contribution in [0.5, 0.6) is 0 Å². The number of carbonyl (C=O) groups excluding carboxylic acids is 1. The van der Waals surface area contributed by atoms with Crippen LogP contribution in [0.15, 0.2) is 47.6 Å². The van der Waals surface area contributed by atoms with E-state index in [1.807, 2.05) is 32.0 Å². The van der Waals surface area contributed by atoms with Crippen LogP contribution in [-0.2, 0) is 4.79 Å². The van der Waals surface area contributed by atoms with Crippen molar-refractivity contribution in [3.8, 4) is 5.69 Å². The maximum absolute atomic E-state index is 12.4. The predicted molar refractivity (Wildman–Crippen MR) is 104 cm³/mol. The molecule has 1 unspecified atom stereocenters. The summed E-state index contributed by atoms with van der Waals surface area (Å²) in [6.45, 7) is 5.90. The van der Waals surface area contributed by atoms with Gasteiger partial charge in [-0.3, -0.25) is 4.79 Å². The summed E-state index contributed by atoms with van der Waals surface area (Å²) >= 11 is 7.24. The number of aromatic nitrogens is 4. The molecule has 0 aliphatic carbocycles. The lowest BCUT2D eigenvalue weighted by atomic mass is 10.1. The molecule has 0 saturated carbocycles. The lowest BCUT2D eigenvalue weighted by Crippen LogP contribution is -2.22. The van der Waals surface area contributed by atoms with Crippen molar-refractivity contribution in [3.05, 3.63) is 58.6 Å². The third-order valence-electron chi connectivity index (χ3n) is 3.92. The van der Waals surface area contributed by atoms with Gasteiger partial charge in [0.2, 0.25) is 11.1 Å². The Balaban J connectivity index is 1.74. The second kappa shape index (κ2) is 7.88. The van der Waals surface area contributed by atoms with Crippen LogP contribution in [0, 0.1) is 13.8 Å². The van der Waals surface area contributed by atoms with E-state index < -0.39 is 0 Å². The molecular formula is C18H18ClN5OS. The van der Waals surface area contributed by atoms with Gasteiger partial charge in [-0.15, -0.1) is 5.10 Å².